The molecule has 0 radical (unpaired) electrons. The first-order valence-corrected chi connectivity index (χ1v) is 10.1. The summed E-state index contributed by atoms with van der Waals surface area (Å²) in [4.78, 5) is 14.9. The fraction of sp³-hybridized carbons (Fsp3) is 0.320. The van der Waals surface area contributed by atoms with E-state index in [-0.39, 0.29) is 5.91 Å². The number of amides is 1. The van der Waals surface area contributed by atoms with Crippen molar-refractivity contribution in [2.45, 2.75) is 32.3 Å². The molecular weight excluding hydrogens is 362 g/mol. The van der Waals surface area contributed by atoms with E-state index < -0.39 is 12.0 Å². The number of aliphatic hydroxyl groups excluding tert-OH is 1. The predicted octanol–water partition coefficient (Wildman–Crippen LogP) is 5.35. The quantitative estimate of drug-likeness (QED) is 0.563. The normalized spacial score (nSPS) is 13.1. The molecule has 2 atom stereocenters. The van der Waals surface area contributed by atoms with Crippen molar-refractivity contribution in [3.05, 3.63) is 72.3 Å². The van der Waals surface area contributed by atoms with Crippen molar-refractivity contribution in [2.24, 2.45) is 5.92 Å². The van der Waals surface area contributed by atoms with Crippen molar-refractivity contribution >= 4 is 22.4 Å². The van der Waals surface area contributed by atoms with E-state index in [2.05, 4.69) is 6.92 Å². The second-order valence-corrected chi connectivity index (χ2v) is 7.40. The Morgan fingerprint density at radius 1 is 1.03 bits per heavy atom. The monoisotopic (exact) mass is 391 g/mol. The molecule has 0 unspecified atom stereocenters. The van der Waals surface area contributed by atoms with Gasteiger partial charge in [-0.1, -0.05) is 56.2 Å². The number of aliphatic hydroxyl groups is 1. The third-order valence-corrected chi connectivity index (χ3v) is 5.47. The van der Waals surface area contributed by atoms with Crippen molar-refractivity contribution in [1.29, 1.82) is 0 Å². The smallest absolute Gasteiger partial charge is 0.232 e. The molecule has 0 aliphatic carbocycles. The molecule has 1 N–H and O–H groups in total. The number of rotatable bonds is 8. The van der Waals surface area contributed by atoms with E-state index >= 15 is 0 Å². The van der Waals surface area contributed by atoms with Crippen molar-refractivity contribution < 1.29 is 14.6 Å². The van der Waals surface area contributed by atoms with Crippen LogP contribution in [0.4, 0.5) is 5.69 Å². The first kappa shape index (κ1) is 20.9. The van der Waals surface area contributed by atoms with Crippen molar-refractivity contribution in [2.75, 3.05) is 19.1 Å². The third kappa shape index (κ3) is 4.77. The molecule has 29 heavy (non-hydrogen) atoms. The van der Waals surface area contributed by atoms with Gasteiger partial charge in [-0.05, 0) is 53.1 Å². The van der Waals surface area contributed by atoms with Crippen LogP contribution in [0.5, 0.6) is 5.75 Å². The summed E-state index contributed by atoms with van der Waals surface area (Å²) < 4.78 is 5.20. The van der Waals surface area contributed by atoms with Gasteiger partial charge in [-0.3, -0.25) is 4.79 Å². The van der Waals surface area contributed by atoms with E-state index in [0.29, 0.717) is 6.42 Å². The Bertz CT molecular complexity index is 952. The molecule has 0 bridgehead atoms. The summed E-state index contributed by atoms with van der Waals surface area (Å²) in [5.74, 6) is 0.167. The maximum Gasteiger partial charge on any atom is 0.232 e. The number of fused-ring (bicyclic) bond motifs is 1. The zero-order valence-corrected chi connectivity index (χ0v) is 17.3. The van der Waals surface area contributed by atoms with Gasteiger partial charge in [-0.2, -0.15) is 0 Å². The lowest BCUT2D eigenvalue weighted by atomic mass is 9.89. The summed E-state index contributed by atoms with van der Waals surface area (Å²) in [6.45, 7) is 2.09. The van der Waals surface area contributed by atoms with Crippen LogP contribution in [0.1, 0.15) is 37.9 Å². The van der Waals surface area contributed by atoms with Crippen LogP contribution < -0.4 is 9.64 Å². The highest BCUT2D eigenvalue weighted by molar-refractivity contribution is 5.95. The van der Waals surface area contributed by atoms with E-state index in [1.54, 1.807) is 19.1 Å². The van der Waals surface area contributed by atoms with Gasteiger partial charge in [0, 0.05) is 12.7 Å². The lowest BCUT2D eigenvalue weighted by Gasteiger charge is -2.28. The van der Waals surface area contributed by atoms with Crippen LogP contribution in [0.25, 0.3) is 10.8 Å². The fourth-order valence-corrected chi connectivity index (χ4v) is 3.65. The highest BCUT2D eigenvalue weighted by Gasteiger charge is 2.30. The molecule has 0 spiro atoms. The number of carbonyl (C=O) groups is 1. The minimum atomic E-state index is -0.848. The van der Waals surface area contributed by atoms with Gasteiger partial charge in [-0.25, -0.2) is 0 Å². The van der Waals surface area contributed by atoms with Gasteiger partial charge >= 0.3 is 0 Å². The number of anilines is 1. The summed E-state index contributed by atoms with van der Waals surface area (Å²) in [6.07, 6.45) is 1.65. The Hall–Kier alpha value is -2.85. The van der Waals surface area contributed by atoms with Gasteiger partial charge in [0.1, 0.15) is 5.75 Å². The van der Waals surface area contributed by atoms with Gasteiger partial charge in [0.25, 0.3) is 0 Å². The highest BCUT2D eigenvalue weighted by Crippen LogP contribution is 2.31. The molecule has 1 amide bonds. The summed E-state index contributed by atoms with van der Waals surface area (Å²) in [5.41, 5.74) is 1.56. The number of benzene rings is 3. The minimum absolute atomic E-state index is 0.0794. The molecule has 0 aliphatic heterocycles. The van der Waals surface area contributed by atoms with Gasteiger partial charge in [0.15, 0.2) is 0 Å². The zero-order chi connectivity index (χ0) is 20.8. The Morgan fingerprint density at radius 3 is 2.38 bits per heavy atom. The number of carbonyl (C=O) groups excluding carboxylic acids is 1. The fourth-order valence-electron chi connectivity index (χ4n) is 3.65. The molecule has 4 nitrogen and oxygen atoms in total. The molecule has 152 valence electrons. The summed E-state index contributed by atoms with van der Waals surface area (Å²) in [7, 11) is 3.38. The topological polar surface area (TPSA) is 49.8 Å². The average molecular weight is 392 g/mol. The van der Waals surface area contributed by atoms with Gasteiger partial charge in [0.05, 0.1) is 19.1 Å². The summed E-state index contributed by atoms with van der Waals surface area (Å²) in [5, 5.41) is 13.3. The molecular formula is C25H29NO3. The van der Waals surface area contributed by atoms with E-state index in [1.807, 2.05) is 66.7 Å². The molecule has 3 aromatic rings. The number of methoxy groups -OCH3 is 1. The highest BCUT2D eigenvalue weighted by atomic mass is 16.5. The van der Waals surface area contributed by atoms with E-state index in [0.717, 1.165) is 40.6 Å². The SMILES string of the molecule is CCCC[C@@H](C(=O)N(C)c1ccc(OC)cc1)[C@H](O)c1ccc2ccccc2c1. The minimum Gasteiger partial charge on any atom is -0.497 e. The van der Waals surface area contributed by atoms with E-state index in [1.165, 1.54) is 0 Å². The number of nitrogens with zero attached hydrogens (tertiary/aromatic N) is 1. The molecule has 0 fully saturated rings. The van der Waals surface area contributed by atoms with Crippen molar-refractivity contribution in [1.82, 2.24) is 0 Å². The molecule has 3 rings (SSSR count). The van der Waals surface area contributed by atoms with Crippen LogP contribution in [0.3, 0.4) is 0 Å². The maximum absolute atomic E-state index is 13.3. The van der Waals surface area contributed by atoms with Gasteiger partial charge in [-0.15, -0.1) is 0 Å². The number of hydrogen-bond donors (Lipinski definition) is 1. The van der Waals surface area contributed by atoms with Crippen molar-refractivity contribution in [3.8, 4) is 5.75 Å². The molecule has 0 aliphatic rings. The van der Waals surface area contributed by atoms with Gasteiger partial charge in [0.2, 0.25) is 5.91 Å². The van der Waals surface area contributed by atoms with E-state index in [9.17, 15) is 9.90 Å². The van der Waals surface area contributed by atoms with Crippen LogP contribution in [-0.2, 0) is 4.79 Å². The second kappa shape index (κ2) is 9.57. The summed E-state index contributed by atoms with van der Waals surface area (Å²) >= 11 is 0. The van der Waals surface area contributed by atoms with Crippen LogP contribution >= 0.6 is 0 Å². The second-order valence-electron chi connectivity index (χ2n) is 7.40. The Kier molecular flexibility index (Phi) is 6.89. The van der Waals surface area contributed by atoms with Crippen LogP contribution in [-0.4, -0.2) is 25.2 Å². The lowest BCUT2D eigenvalue weighted by molar-refractivity contribution is -0.126. The predicted molar refractivity (Wildman–Crippen MR) is 118 cm³/mol. The molecule has 4 heteroatoms. The molecule has 0 aromatic heterocycles. The molecule has 0 saturated carbocycles. The standard InChI is InChI=1S/C25H29NO3/c1-4-5-10-23(25(28)26(2)21-13-15-22(29-3)16-14-21)24(27)20-12-11-18-8-6-7-9-19(18)17-20/h6-9,11-17,23-24,27H,4-5,10H2,1-3H3/t23-,24-/m1/s1. The molecule has 3 aromatic carbocycles. The van der Waals surface area contributed by atoms with Crippen molar-refractivity contribution in [3.63, 3.8) is 0 Å². The average Bonchev–Trinajstić information content (AvgIpc) is 2.78. The number of unbranched alkanes of at least 4 members (excludes halogenated alkanes) is 1. The first-order chi connectivity index (χ1) is 14.0. The van der Waals surface area contributed by atoms with E-state index in [4.69, 9.17) is 4.74 Å². The Morgan fingerprint density at radius 2 is 1.72 bits per heavy atom. The third-order valence-electron chi connectivity index (χ3n) is 5.47. The summed E-state index contributed by atoms with van der Waals surface area (Å²) in [6, 6.07) is 21.3. The van der Waals surface area contributed by atoms with Crippen LogP contribution in [0.15, 0.2) is 66.7 Å². The molecule has 0 heterocycles. The van der Waals surface area contributed by atoms with Crippen LogP contribution in [0, 0.1) is 5.92 Å². The lowest BCUT2D eigenvalue weighted by Crippen LogP contribution is -2.36. The molecule has 0 saturated heterocycles. The van der Waals surface area contributed by atoms with Crippen LogP contribution in [0.2, 0.25) is 0 Å². The number of hydrogen-bond acceptors (Lipinski definition) is 3. The maximum atomic E-state index is 13.3. The van der Waals surface area contributed by atoms with Gasteiger partial charge < -0.3 is 14.7 Å². The Balaban J connectivity index is 1.87. The number of ether oxygens (including phenoxy) is 1. The largest absolute Gasteiger partial charge is 0.497 e. The Labute approximate surface area is 172 Å². The first-order valence-electron chi connectivity index (χ1n) is 10.1. The zero-order valence-electron chi connectivity index (χ0n) is 17.3.